The average Bonchev–Trinajstić information content (AvgIpc) is 3.10. The number of hydrogen-bond donors (Lipinski definition) is 2. The van der Waals surface area contributed by atoms with Crippen molar-refractivity contribution in [1.82, 2.24) is 15.5 Å². The van der Waals surface area contributed by atoms with Gasteiger partial charge in [0.25, 0.3) is 0 Å². The van der Waals surface area contributed by atoms with Crippen molar-refractivity contribution in [3.63, 3.8) is 0 Å². The van der Waals surface area contributed by atoms with Gasteiger partial charge in [-0.2, -0.15) is 0 Å². The molecule has 0 amide bonds. The molecule has 2 N–H and O–H groups in total. The van der Waals surface area contributed by atoms with Gasteiger partial charge in [0.15, 0.2) is 5.96 Å². The summed E-state index contributed by atoms with van der Waals surface area (Å²) >= 11 is 5.75. The van der Waals surface area contributed by atoms with Gasteiger partial charge in [-0.05, 0) is 18.8 Å². The molecular weight excluding hydrogens is 248 g/mol. The first kappa shape index (κ1) is 13.7. The Morgan fingerprint density at radius 1 is 1.44 bits per heavy atom. The normalized spacial score (nSPS) is 29.4. The first-order chi connectivity index (χ1) is 8.60. The molecule has 1 saturated carbocycles. The van der Waals surface area contributed by atoms with E-state index in [2.05, 4.69) is 34.0 Å². The maximum atomic E-state index is 5.75. The van der Waals surface area contributed by atoms with Crippen LogP contribution in [0, 0.1) is 5.92 Å². The van der Waals surface area contributed by atoms with Crippen molar-refractivity contribution in [2.45, 2.75) is 31.8 Å². The number of halogens is 1. The van der Waals surface area contributed by atoms with Crippen LogP contribution in [0.15, 0.2) is 16.6 Å². The highest BCUT2D eigenvalue weighted by molar-refractivity contribution is 6.29. The van der Waals surface area contributed by atoms with Crippen LogP contribution in [0.3, 0.4) is 0 Å². The highest BCUT2D eigenvalue weighted by Gasteiger charge is 2.38. The lowest BCUT2D eigenvalue weighted by Crippen LogP contribution is -2.46. The van der Waals surface area contributed by atoms with Crippen LogP contribution in [0.4, 0.5) is 0 Å². The van der Waals surface area contributed by atoms with Crippen molar-refractivity contribution in [1.29, 1.82) is 0 Å². The third kappa shape index (κ3) is 3.62. The maximum Gasteiger partial charge on any atom is 0.191 e. The van der Waals surface area contributed by atoms with E-state index < -0.39 is 0 Å². The van der Waals surface area contributed by atoms with Crippen molar-refractivity contribution in [3.8, 4) is 0 Å². The number of nitrogens with zero attached hydrogens (tertiary/aromatic N) is 2. The molecule has 4 nitrogen and oxygen atoms in total. The highest BCUT2D eigenvalue weighted by Crippen LogP contribution is 2.31. The zero-order valence-corrected chi connectivity index (χ0v) is 12.0. The maximum absolute atomic E-state index is 5.75. The summed E-state index contributed by atoms with van der Waals surface area (Å²) in [6, 6.07) is 1.32. The zero-order chi connectivity index (χ0) is 13.1. The Morgan fingerprint density at radius 3 is 2.72 bits per heavy atom. The molecule has 18 heavy (non-hydrogen) atoms. The van der Waals surface area contributed by atoms with E-state index in [1.165, 1.54) is 19.4 Å². The van der Waals surface area contributed by atoms with E-state index >= 15 is 0 Å². The van der Waals surface area contributed by atoms with Crippen molar-refractivity contribution in [3.05, 3.63) is 11.6 Å². The van der Waals surface area contributed by atoms with Gasteiger partial charge in [0.05, 0.1) is 6.54 Å². The summed E-state index contributed by atoms with van der Waals surface area (Å²) in [4.78, 5) is 6.81. The van der Waals surface area contributed by atoms with E-state index in [1.54, 1.807) is 7.05 Å². The molecule has 1 aliphatic heterocycles. The van der Waals surface area contributed by atoms with Gasteiger partial charge in [-0.1, -0.05) is 25.1 Å². The van der Waals surface area contributed by atoms with Crippen LogP contribution >= 0.6 is 11.6 Å². The SMILES string of the molecule is C=C(Cl)CNC(=NC)NC1CN(C2CC2)CC1C. The molecule has 2 rings (SSSR count). The molecular formula is C13H23ClN4. The second kappa shape index (κ2) is 5.93. The van der Waals surface area contributed by atoms with E-state index in [9.17, 15) is 0 Å². The van der Waals surface area contributed by atoms with Crippen LogP contribution in [-0.2, 0) is 0 Å². The van der Waals surface area contributed by atoms with Crippen molar-refractivity contribution in [2.24, 2.45) is 10.9 Å². The van der Waals surface area contributed by atoms with Gasteiger partial charge in [-0.15, -0.1) is 0 Å². The Bertz CT molecular complexity index is 338. The largest absolute Gasteiger partial charge is 0.352 e. The predicted octanol–water partition coefficient (Wildman–Crippen LogP) is 1.39. The van der Waals surface area contributed by atoms with Gasteiger partial charge < -0.3 is 10.6 Å². The summed E-state index contributed by atoms with van der Waals surface area (Å²) in [5.74, 6) is 1.47. The summed E-state index contributed by atoms with van der Waals surface area (Å²) in [5.41, 5.74) is 0. The molecule has 0 spiro atoms. The molecule has 2 aliphatic rings. The van der Waals surface area contributed by atoms with Crippen LogP contribution in [0.2, 0.25) is 0 Å². The Labute approximate surface area is 114 Å². The number of rotatable bonds is 4. The molecule has 0 aromatic heterocycles. The van der Waals surface area contributed by atoms with E-state index in [1.807, 2.05) is 0 Å². The zero-order valence-electron chi connectivity index (χ0n) is 11.2. The van der Waals surface area contributed by atoms with Crippen LogP contribution in [0.5, 0.6) is 0 Å². The monoisotopic (exact) mass is 270 g/mol. The minimum atomic E-state index is 0.473. The second-order valence-electron chi connectivity index (χ2n) is 5.36. The number of aliphatic imine (C=N–C) groups is 1. The van der Waals surface area contributed by atoms with Gasteiger partial charge in [0.1, 0.15) is 0 Å². The first-order valence-corrected chi connectivity index (χ1v) is 7.02. The quantitative estimate of drug-likeness (QED) is 0.599. The van der Waals surface area contributed by atoms with Gasteiger partial charge >= 0.3 is 0 Å². The smallest absolute Gasteiger partial charge is 0.191 e. The molecule has 0 radical (unpaired) electrons. The van der Waals surface area contributed by atoms with E-state index in [4.69, 9.17) is 11.6 Å². The lowest BCUT2D eigenvalue weighted by Gasteiger charge is -2.20. The van der Waals surface area contributed by atoms with Crippen LogP contribution in [0.1, 0.15) is 19.8 Å². The number of nitrogens with one attached hydrogen (secondary N) is 2. The van der Waals surface area contributed by atoms with E-state index in [0.29, 0.717) is 23.5 Å². The number of likely N-dealkylation sites (tertiary alicyclic amines) is 1. The topological polar surface area (TPSA) is 39.7 Å². The van der Waals surface area contributed by atoms with Crippen LogP contribution < -0.4 is 10.6 Å². The summed E-state index contributed by atoms with van der Waals surface area (Å²) in [6.07, 6.45) is 2.75. The van der Waals surface area contributed by atoms with Crippen LogP contribution in [-0.4, -0.2) is 49.6 Å². The summed E-state index contributed by atoms with van der Waals surface area (Å²) < 4.78 is 0. The summed E-state index contributed by atoms with van der Waals surface area (Å²) in [6.45, 7) is 8.83. The minimum Gasteiger partial charge on any atom is -0.352 e. The molecule has 5 heteroatoms. The fourth-order valence-corrected chi connectivity index (χ4v) is 2.55. The van der Waals surface area contributed by atoms with Gasteiger partial charge in [-0.25, -0.2) is 0 Å². The molecule has 102 valence electrons. The lowest BCUT2D eigenvalue weighted by molar-refractivity contribution is 0.315. The van der Waals surface area contributed by atoms with Crippen molar-refractivity contribution < 1.29 is 0 Å². The molecule has 1 saturated heterocycles. The first-order valence-electron chi connectivity index (χ1n) is 6.64. The number of hydrogen-bond acceptors (Lipinski definition) is 2. The Balaban J connectivity index is 1.81. The molecule has 2 atom stereocenters. The second-order valence-corrected chi connectivity index (χ2v) is 5.89. The van der Waals surface area contributed by atoms with Gasteiger partial charge in [0.2, 0.25) is 0 Å². The average molecular weight is 271 g/mol. The van der Waals surface area contributed by atoms with Crippen molar-refractivity contribution >= 4 is 17.6 Å². The summed E-state index contributed by atoms with van der Waals surface area (Å²) in [5, 5.41) is 7.24. The molecule has 1 heterocycles. The molecule has 1 aliphatic carbocycles. The summed E-state index contributed by atoms with van der Waals surface area (Å²) in [7, 11) is 1.78. The third-order valence-corrected chi connectivity index (χ3v) is 3.83. The Kier molecular flexibility index (Phi) is 4.51. The lowest BCUT2D eigenvalue weighted by atomic mass is 10.1. The fourth-order valence-electron chi connectivity index (χ4n) is 2.48. The molecule has 0 aromatic rings. The molecule has 0 bridgehead atoms. The standard InChI is InChI=1S/C13H23ClN4/c1-9-7-18(11-4-5-11)8-12(9)17-13(15-3)16-6-10(2)14/h9,11-12H,2,4-8H2,1,3H3,(H2,15,16,17). The molecule has 2 unspecified atom stereocenters. The highest BCUT2D eigenvalue weighted by atomic mass is 35.5. The predicted molar refractivity (Wildman–Crippen MR) is 77.0 cm³/mol. The van der Waals surface area contributed by atoms with Gasteiger partial charge in [-0.3, -0.25) is 9.89 Å². The Hall–Kier alpha value is -0.740. The van der Waals surface area contributed by atoms with Crippen molar-refractivity contribution in [2.75, 3.05) is 26.7 Å². The van der Waals surface area contributed by atoms with E-state index in [-0.39, 0.29) is 0 Å². The van der Waals surface area contributed by atoms with Crippen LogP contribution in [0.25, 0.3) is 0 Å². The Morgan fingerprint density at radius 2 is 2.17 bits per heavy atom. The minimum absolute atomic E-state index is 0.473. The fraction of sp³-hybridized carbons (Fsp3) is 0.769. The van der Waals surface area contributed by atoms with Gasteiger partial charge in [0, 0.05) is 37.3 Å². The molecule has 2 fully saturated rings. The number of guanidine groups is 1. The molecule has 0 aromatic carbocycles. The third-order valence-electron chi connectivity index (χ3n) is 3.70. The van der Waals surface area contributed by atoms with E-state index in [0.717, 1.165) is 18.5 Å².